The van der Waals surface area contributed by atoms with Crippen molar-refractivity contribution in [2.24, 2.45) is 0 Å². The van der Waals surface area contributed by atoms with Crippen molar-refractivity contribution >= 4 is 0 Å². The summed E-state index contributed by atoms with van der Waals surface area (Å²) >= 11 is 0. The maximum Gasteiger partial charge on any atom is 0.186 e. The summed E-state index contributed by atoms with van der Waals surface area (Å²) in [5, 5.41) is 0. The highest BCUT2D eigenvalue weighted by Crippen LogP contribution is 2.29. The molecule has 1 saturated heterocycles. The molecular weight excluding hydrogens is 327 g/mol. The smallest absolute Gasteiger partial charge is 0.186 e. The van der Waals surface area contributed by atoms with Gasteiger partial charge < -0.3 is 23.7 Å². The minimum absolute atomic E-state index is 0.389. The van der Waals surface area contributed by atoms with Crippen molar-refractivity contribution in [1.29, 1.82) is 0 Å². The van der Waals surface area contributed by atoms with Crippen LogP contribution in [-0.4, -0.2) is 64.3 Å². The number of unbranched alkanes of at least 4 members (excludes halogenated alkanes) is 3. The van der Waals surface area contributed by atoms with Gasteiger partial charge in [0.15, 0.2) is 6.29 Å². The molecule has 6 heteroatoms. The maximum absolute atomic E-state index is 13.6. The van der Waals surface area contributed by atoms with Crippen molar-refractivity contribution in [3.8, 4) is 0 Å². The number of ether oxygens (including phenoxy) is 5. The van der Waals surface area contributed by atoms with E-state index in [4.69, 9.17) is 23.7 Å². The van der Waals surface area contributed by atoms with E-state index in [9.17, 15) is 4.39 Å². The van der Waals surface area contributed by atoms with Crippen LogP contribution in [-0.2, 0) is 23.7 Å². The molecule has 0 spiro atoms. The summed E-state index contributed by atoms with van der Waals surface area (Å²) in [6, 6.07) is 0. The van der Waals surface area contributed by atoms with Gasteiger partial charge in [0.1, 0.15) is 31.1 Å². The zero-order chi connectivity index (χ0) is 18.5. The van der Waals surface area contributed by atoms with Crippen molar-refractivity contribution in [3.05, 3.63) is 0 Å². The van der Waals surface area contributed by atoms with Crippen LogP contribution in [0, 0.1) is 0 Å². The van der Waals surface area contributed by atoms with Crippen LogP contribution < -0.4 is 0 Å². The first-order valence-corrected chi connectivity index (χ1v) is 9.82. The third-order valence-electron chi connectivity index (χ3n) is 4.40. The molecular formula is C19H37FO5. The van der Waals surface area contributed by atoms with E-state index in [1.807, 2.05) is 0 Å². The standard InChI is InChI=1S/C19H37FO5/c1-5-8-11-22-16-15(14-20)25-19(21-4)18(24-13-10-7-3)17(16)23-12-9-6-2/h15-19H,5-14H2,1-4H3/t15?,16-,17-,18?,19-/m0/s1. The molecule has 0 aromatic rings. The molecule has 1 fully saturated rings. The van der Waals surface area contributed by atoms with Gasteiger partial charge in [-0.2, -0.15) is 0 Å². The summed E-state index contributed by atoms with van der Waals surface area (Å²) in [7, 11) is 1.55. The molecule has 0 radical (unpaired) electrons. The molecule has 2 unspecified atom stereocenters. The number of methoxy groups -OCH3 is 1. The Balaban J connectivity index is 2.87. The Bertz CT molecular complexity index is 294. The highest BCUT2D eigenvalue weighted by molar-refractivity contribution is 4.92. The van der Waals surface area contributed by atoms with E-state index in [1.54, 1.807) is 7.11 Å². The van der Waals surface area contributed by atoms with Crippen molar-refractivity contribution in [3.63, 3.8) is 0 Å². The number of halogens is 1. The molecule has 5 atom stereocenters. The SMILES string of the molecule is CCCCOC1[C@@H](OC)OC(CF)[C@H](OCCCC)[C@@H]1OCCCC. The summed E-state index contributed by atoms with van der Waals surface area (Å²) in [4.78, 5) is 0. The average Bonchev–Trinajstić information content (AvgIpc) is 2.63. The molecule has 0 amide bonds. The van der Waals surface area contributed by atoms with Crippen LogP contribution >= 0.6 is 0 Å². The fourth-order valence-corrected chi connectivity index (χ4v) is 2.85. The number of rotatable bonds is 14. The number of alkyl halides is 1. The highest BCUT2D eigenvalue weighted by Gasteiger charge is 2.48. The third kappa shape index (κ3) is 7.47. The van der Waals surface area contributed by atoms with Crippen LogP contribution in [0.25, 0.3) is 0 Å². The minimum atomic E-state index is -0.695. The third-order valence-corrected chi connectivity index (χ3v) is 4.40. The van der Waals surface area contributed by atoms with Crippen molar-refractivity contribution in [2.45, 2.75) is 90.0 Å². The van der Waals surface area contributed by atoms with E-state index in [0.717, 1.165) is 38.5 Å². The molecule has 0 N–H and O–H groups in total. The Labute approximate surface area is 152 Å². The molecule has 0 saturated carbocycles. The first kappa shape index (κ1) is 22.8. The van der Waals surface area contributed by atoms with Gasteiger partial charge in [0.05, 0.1) is 0 Å². The second-order valence-corrected chi connectivity index (χ2v) is 6.50. The zero-order valence-electron chi connectivity index (χ0n) is 16.4. The fraction of sp³-hybridized carbons (Fsp3) is 1.00. The number of hydrogen-bond donors (Lipinski definition) is 0. The Hall–Kier alpha value is -0.270. The topological polar surface area (TPSA) is 46.2 Å². The van der Waals surface area contributed by atoms with Crippen LogP contribution in [0.15, 0.2) is 0 Å². The van der Waals surface area contributed by atoms with Crippen LogP contribution in [0.4, 0.5) is 4.39 Å². The van der Waals surface area contributed by atoms with E-state index in [1.165, 1.54) is 0 Å². The first-order chi connectivity index (χ1) is 12.2. The predicted octanol–water partition coefficient (Wildman–Crippen LogP) is 3.88. The van der Waals surface area contributed by atoms with Crippen LogP contribution in [0.1, 0.15) is 59.3 Å². The predicted molar refractivity (Wildman–Crippen MR) is 95.6 cm³/mol. The second-order valence-electron chi connectivity index (χ2n) is 6.50. The Morgan fingerprint density at radius 2 is 1.24 bits per heavy atom. The van der Waals surface area contributed by atoms with Gasteiger partial charge in [-0.3, -0.25) is 0 Å². The normalized spacial score (nSPS) is 29.9. The van der Waals surface area contributed by atoms with E-state index in [-0.39, 0.29) is 6.10 Å². The average molecular weight is 364 g/mol. The number of hydrogen-bond acceptors (Lipinski definition) is 5. The molecule has 1 heterocycles. The van der Waals surface area contributed by atoms with Gasteiger partial charge in [0.2, 0.25) is 0 Å². The van der Waals surface area contributed by atoms with Gasteiger partial charge >= 0.3 is 0 Å². The van der Waals surface area contributed by atoms with E-state index >= 15 is 0 Å². The van der Waals surface area contributed by atoms with Gasteiger partial charge in [0, 0.05) is 26.9 Å². The molecule has 1 rings (SSSR count). The lowest BCUT2D eigenvalue weighted by Gasteiger charge is -2.45. The molecule has 0 aromatic carbocycles. The minimum Gasteiger partial charge on any atom is -0.373 e. The Morgan fingerprint density at radius 1 is 0.760 bits per heavy atom. The van der Waals surface area contributed by atoms with Crippen molar-refractivity contribution < 1.29 is 28.1 Å². The fourth-order valence-electron chi connectivity index (χ4n) is 2.85. The molecule has 1 aliphatic heterocycles. The largest absolute Gasteiger partial charge is 0.373 e. The van der Waals surface area contributed by atoms with Gasteiger partial charge in [-0.1, -0.05) is 40.0 Å². The second kappa shape index (κ2) is 13.9. The van der Waals surface area contributed by atoms with Crippen LogP contribution in [0.3, 0.4) is 0 Å². The van der Waals surface area contributed by atoms with Gasteiger partial charge in [-0.25, -0.2) is 4.39 Å². The monoisotopic (exact) mass is 364 g/mol. The van der Waals surface area contributed by atoms with E-state index in [0.29, 0.717) is 19.8 Å². The summed E-state index contributed by atoms with van der Waals surface area (Å²) in [6.07, 6.45) is 3.28. The van der Waals surface area contributed by atoms with Gasteiger partial charge in [-0.15, -0.1) is 0 Å². The first-order valence-electron chi connectivity index (χ1n) is 9.82. The lowest BCUT2D eigenvalue weighted by atomic mass is 9.98. The quantitative estimate of drug-likeness (QED) is 0.438. The Kier molecular flexibility index (Phi) is 12.6. The molecule has 1 aliphatic rings. The highest BCUT2D eigenvalue weighted by atomic mass is 19.1. The van der Waals surface area contributed by atoms with Crippen molar-refractivity contribution in [2.75, 3.05) is 33.6 Å². The van der Waals surface area contributed by atoms with E-state index in [2.05, 4.69) is 20.8 Å². The van der Waals surface area contributed by atoms with E-state index < -0.39 is 31.3 Å². The summed E-state index contributed by atoms with van der Waals surface area (Å²) in [6.45, 7) is 7.44. The lowest BCUT2D eigenvalue weighted by Crippen LogP contribution is -2.61. The van der Waals surface area contributed by atoms with Crippen LogP contribution in [0.2, 0.25) is 0 Å². The summed E-state index contributed by atoms with van der Waals surface area (Å²) in [5.41, 5.74) is 0. The van der Waals surface area contributed by atoms with Gasteiger partial charge in [-0.05, 0) is 19.3 Å². The summed E-state index contributed by atoms with van der Waals surface area (Å²) < 4.78 is 42.9. The zero-order valence-corrected chi connectivity index (χ0v) is 16.4. The van der Waals surface area contributed by atoms with Crippen LogP contribution in [0.5, 0.6) is 0 Å². The Morgan fingerprint density at radius 3 is 1.68 bits per heavy atom. The van der Waals surface area contributed by atoms with Crippen molar-refractivity contribution in [1.82, 2.24) is 0 Å². The molecule has 25 heavy (non-hydrogen) atoms. The maximum atomic E-state index is 13.6. The molecule has 0 bridgehead atoms. The molecule has 0 aliphatic carbocycles. The molecule has 150 valence electrons. The molecule has 5 nitrogen and oxygen atoms in total. The summed E-state index contributed by atoms with van der Waals surface area (Å²) in [5.74, 6) is 0. The molecule has 0 aromatic heterocycles. The lowest BCUT2D eigenvalue weighted by molar-refractivity contribution is -0.314. The van der Waals surface area contributed by atoms with Gasteiger partial charge in [0.25, 0.3) is 0 Å².